The van der Waals surface area contributed by atoms with Crippen LogP contribution in [0.1, 0.15) is 23.5 Å². The number of nitrogens with one attached hydrogen (secondary N) is 2. The van der Waals surface area contributed by atoms with E-state index in [4.69, 9.17) is 0 Å². The Morgan fingerprint density at radius 3 is 2.78 bits per heavy atom. The van der Waals surface area contributed by atoms with E-state index in [0.717, 1.165) is 31.0 Å². The van der Waals surface area contributed by atoms with Crippen LogP contribution in [0, 0.1) is 0 Å². The van der Waals surface area contributed by atoms with Gasteiger partial charge in [0, 0.05) is 51.5 Å². The third-order valence-electron chi connectivity index (χ3n) is 4.73. The minimum Gasteiger partial charge on any atom is -0.453 e. The van der Waals surface area contributed by atoms with Crippen molar-refractivity contribution in [2.75, 3.05) is 32.6 Å². The smallest absolute Gasteiger partial charge is 0.411 e. The van der Waals surface area contributed by atoms with Crippen LogP contribution >= 0.6 is 0 Å². The molecule has 1 atom stereocenters. The molecule has 1 fully saturated rings. The van der Waals surface area contributed by atoms with E-state index in [1.165, 1.54) is 12.7 Å². The third kappa shape index (κ3) is 4.78. The second-order valence-electron chi connectivity index (χ2n) is 6.59. The standard InChI is InChI=1S/C19H26N6O2/c1-20-18(25-9-8-15(13-25)16-11-22-24(2)12-16)21-10-14-4-6-17(7-5-14)23-19(26)27-3/h4-7,11-12,15H,8-10,13H2,1-3H3,(H,20,21)(H,23,26). The lowest BCUT2D eigenvalue weighted by atomic mass is 10.0. The van der Waals surface area contributed by atoms with E-state index >= 15 is 0 Å². The predicted octanol–water partition coefficient (Wildman–Crippen LogP) is 2.16. The maximum Gasteiger partial charge on any atom is 0.411 e. The highest BCUT2D eigenvalue weighted by atomic mass is 16.5. The van der Waals surface area contributed by atoms with Crippen molar-refractivity contribution in [2.45, 2.75) is 18.9 Å². The molecule has 0 bridgehead atoms. The van der Waals surface area contributed by atoms with Gasteiger partial charge in [0.15, 0.2) is 5.96 Å². The van der Waals surface area contributed by atoms with Crippen molar-refractivity contribution >= 4 is 17.7 Å². The molecule has 1 amide bonds. The van der Waals surface area contributed by atoms with E-state index in [1.807, 2.05) is 49.2 Å². The molecule has 1 aromatic heterocycles. The molecule has 8 heteroatoms. The quantitative estimate of drug-likeness (QED) is 0.637. The summed E-state index contributed by atoms with van der Waals surface area (Å²) in [5.74, 6) is 1.39. The number of likely N-dealkylation sites (tertiary alicyclic amines) is 1. The normalized spacial score (nSPS) is 17.1. The van der Waals surface area contributed by atoms with Crippen LogP contribution in [0.5, 0.6) is 0 Å². The fraction of sp³-hybridized carbons (Fsp3) is 0.421. The van der Waals surface area contributed by atoms with Gasteiger partial charge in [-0.3, -0.25) is 15.0 Å². The first-order valence-electron chi connectivity index (χ1n) is 8.97. The monoisotopic (exact) mass is 370 g/mol. The lowest BCUT2D eigenvalue weighted by Crippen LogP contribution is -2.39. The molecule has 0 saturated carbocycles. The average Bonchev–Trinajstić information content (AvgIpc) is 3.33. The number of carbonyl (C=O) groups excluding carboxylic acids is 1. The molecular weight excluding hydrogens is 344 g/mol. The van der Waals surface area contributed by atoms with Crippen LogP contribution in [0.3, 0.4) is 0 Å². The first-order valence-corrected chi connectivity index (χ1v) is 8.97. The summed E-state index contributed by atoms with van der Waals surface area (Å²) < 4.78 is 6.44. The van der Waals surface area contributed by atoms with Gasteiger partial charge < -0.3 is 15.0 Å². The maximum absolute atomic E-state index is 11.2. The first kappa shape index (κ1) is 18.8. The highest BCUT2D eigenvalue weighted by Gasteiger charge is 2.26. The molecule has 1 aliphatic heterocycles. The zero-order valence-electron chi connectivity index (χ0n) is 16.0. The number of aromatic nitrogens is 2. The van der Waals surface area contributed by atoms with Gasteiger partial charge in [-0.1, -0.05) is 12.1 Å². The summed E-state index contributed by atoms with van der Waals surface area (Å²) in [5.41, 5.74) is 3.09. The van der Waals surface area contributed by atoms with E-state index in [-0.39, 0.29) is 0 Å². The summed E-state index contributed by atoms with van der Waals surface area (Å²) in [4.78, 5) is 17.9. The molecule has 1 unspecified atom stereocenters. The van der Waals surface area contributed by atoms with E-state index in [0.29, 0.717) is 18.2 Å². The van der Waals surface area contributed by atoms with Crippen LogP contribution in [0.4, 0.5) is 10.5 Å². The van der Waals surface area contributed by atoms with Crippen molar-refractivity contribution in [3.05, 3.63) is 47.8 Å². The molecule has 0 spiro atoms. The molecule has 0 radical (unpaired) electrons. The summed E-state index contributed by atoms with van der Waals surface area (Å²) in [7, 11) is 5.10. The number of ether oxygens (including phenoxy) is 1. The van der Waals surface area contributed by atoms with Gasteiger partial charge in [0.2, 0.25) is 0 Å². The molecule has 0 aliphatic carbocycles. The number of nitrogens with zero attached hydrogens (tertiary/aromatic N) is 4. The number of anilines is 1. The molecule has 2 N–H and O–H groups in total. The number of amides is 1. The van der Waals surface area contributed by atoms with Crippen LogP contribution in [0.2, 0.25) is 0 Å². The Morgan fingerprint density at radius 2 is 2.15 bits per heavy atom. The van der Waals surface area contributed by atoms with E-state index < -0.39 is 6.09 Å². The number of rotatable bonds is 4. The van der Waals surface area contributed by atoms with Gasteiger partial charge in [-0.05, 0) is 29.7 Å². The van der Waals surface area contributed by atoms with Crippen molar-refractivity contribution in [1.82, 2.24) is 20.0 Å². The van der Waals surface area contributed by atoms with Gasteiger partial charge in [-0.2, -0.15) is 5.10 Å². The summed E-state index contributed by atoms with van der Waals surface area (Å²) >= 11 is 0. The van der Waals surface area contributed by atoms with E-state index in [2.05, 4.69) is 36.6 Å². The third-order valence-corrected chi connectivity index (χ3v) is 4.73. The largest absolute Gasteiger partial charge is 0.453 e. The van der Waals surface area contributed by atoms with Crippen molar-refractivity contribution in [3.63, 3.8) is 0 Å². The van der Waals surface area contributed by atoms with Gasteiger partial charge >= 0.3 is 6.09 Å². The summed E-state index contributed by atoms with van der Waals surface area (Å²) in [6, 6.07) is 7.64. The molecule has 2 aromatic rings. The van der Waals surface area contributed by atoms with E-state index in [1.54, 1.807) is 0 Å². The average molecular weight is 370 g/mol. The lowest BCUT2D eigenvalue weighted by Gasteiger charge is -2.21. The number of benzene rings is 1. The predicted molar refractivity (Wildman–Crippen MR) is 105 cm³/mol. The Kier molecular flexibility index (Phi) is 5.95. The zero-order valence-corrected chi connectivity index (χ0v) is 16.0. The zero-order chi connectivity index (χ0) is 19.2. The summed E-state index contributed by atoms with van der Waals surface area (Å²) in [5, 5.41) is 10.3. The molecular formula is C19H26N6O2. The minimum atomic E-state index is -0.474. The molecule has 1 saturated heterocycles. The number of methoxy groups -OCH3 is 1. The van der Waals surface area contributed by atoms with Gasteiger partial charge in [0.05, 0.1) is 13.3 Å². The Labute approximate surface area is 159 Å². The van der Waals surface area contributed by atoms with Crippen LogP contribution in [0.25, 0.3) is 0 Å². The molecule has 3 rings (SSSR count). The number of hydrogen-bond acceptors (Lipinski definition) is 4. The molecule has 1 aliphatic rings. The van der Waals surface area contributed by atoms with Gasteiger partial charge in [0.25, 0.3) is 0 Å². The van der Waals surface area contributed by atoms with Crippen molar-refractivity contribution in [3.8, 4) is 0 Å². The topological polar surface area (TPSA) is 83.8 Å². The van der Waals surface area contributed by atoms with Crippen molar-refractivity contribution < 1.29 is 9.53 Å². The SMILES string of the molecule is CN=C(NCc1ccc(NC(=O)OC)cc1)N1CCC(c2cnn(C)c2)C1. The van der Waals surface area contributed by atoms with Crippen LogP contribution in [-0.2, 0) is 18.3 Å². The number of guanidine groups is 1. The lowest BCUT2D eigenvalue weighted by molar-refractivity contribution is 0.187. The van der Waals surface area contributed by atoms with Gasteiger partial charge in [-0.25, -0.2) is 4.79 Å². The fourth-order valence-corrected chi connectivity index (χ4v) is 3.26. The van der Waals surface area contributed by atoms with Gasteiger partial charge in [0.1, 0.15) is 0 Å². The number of carbonyl (C=O) groups is 1. The van der Waals surface area contributed by atoms with Crippen molar-refractivity contribution in [1.29, 1.82) is 0 Å². The van der Waals surface area contributed by atoms with Crippen molar-refractivity contribution in [2.24, 2.45) is 12.0 Å². The number of aryl methyl sites for hydroxylation is 1. The second kappa shape index (κ2) is 8.57. The molecule has 8 nitrogen and oxygen atoms in total. The maximum atomic E-state index is 11.2. The second-order valence-corrected chi connectivity index (χ2v) is 6.59. The summed E-state index contributed by atoms with van der Waals surface area (Å²) in [6.07, 6.45) is 4.67. The number of hydrogen-bond donors (Lipinski definition) is 2. The molecule has 2 heterocycles. The summed E-state index contributed by atoms with van der Waals surface area (Å²) in [6.45, 7) is 2.58. The van der Waals surface area contributed by atoms with Crippen LogP contribution in [-0.4, -0.2) is 54.0 Å². The Bertz CT molecular complexity index is 799. The highest BCUT2D eigenvalue weighted by molar-refractivity contribution is 5.84. The Hall–Kier alpha value is -3.03. The molecule has 1 aromatic carbocycles. The molecule has 144 valence electrons. The van der Waals surface area contributed by atoms with E-state index in [9.17, 15) is 4.79 Å². The van der Waals surface area contributed by atoms with Crippen LogP contribution < -0.4 is 10.6 Å². The first-order chi connectivity index (χ1) is 13.1. The Morgan fingerprint density at radius 1 is 1.37 bits per heavy atom. The fourth-order valence-electron chi connectivity index (χ4n) is 3.26. The van der Waals surface area contributed by atoms with Gasteiger partial charge in [-0.15, -0.1) is 0 Å². The van der Waals surface area contributed by atoms with Crippen LogP contribution in [0.15, 0.2) is 41.7 Å². The minimum absolute atomic E-state index is 0.474. The number of aliphatic imine (C=N–C) groups is 1. The molecule has 27 heavy (non-hydrogen) atoms. The Balaban J connectivity index is 1.53. The highest BCUT2D eigenvalue weighted by Crippen LogP contribution is 2.26.